The zero-order valence-electron chi connectivity index (χ0n) is 16.7. The summed E-state index contributed by atoms with van der Waals surface area (Å²) in [6.07, 6.45) is 8.37. The summed E-state index contributed by atoms with van der Waals surface area (Å²) in [4.78, 5) is 32.3. The second kappa shape index (κ2) is 10.1. The minimum absolute atomic E-state index is 0.0576. The van der Waals surface area contributed by atoms with Crippen molar-refractivity contribution in [3.63, 3.8) is 0 Å². The zero-order valence-corrected chi connectivity index (χ0v) is 16.7. The van der Waals surface area contributed by atoms with E-state index in [-0.39, 0.29) is 11.8 Å². The van der Waals surface area contributed by atoms with Crippen LogP contribution in [0.5, 0.6) is 0 Å². The fourth-order valence-corrected chi connectivity index (χ4v) is 4.50. The van der Waals surface area contributed by atoms with Crippen molar-refractivity contribution in [2.75, 3.05) is 39.3 Å². The van der Waals surface area contributed by atoms with Gasteiger partial charge < -0.3 is 15.5 Å². The first-order valence-electron chi connectivity index (χ1n) is 10.8. The molecule has 0 aromatic heterocycles. The number of likely N-dealkylation sites (tertiary alicyclic amines) is 2. The molecule has 0 radical (unpaired) electrons. The molecule has 7 heteroatoms. The van der Waals surface area contributed by atoms with E-state index < -0.39 is 0 Å². The molecule has 3 aliphatic rings. The number of carbonyl (C=O) groups excluding carboxylic acids is 2. The van der Waals surface area contributed by atoms with Gasteiger partial charge in [-0.1, -0.05) is 12.8 Å². The third kappa shape index (κ3) is 5.92. The van der Waals surface area contributed by atoms with E-state index in [0.29, 0.717) is 38.4 Å². The molecule has 0 spiro atoms. The van der Waals surface area contributed by atoms with Crippen molar-refractivity contribution < 1.29 is 9.59 Å². The maximum atomic E-state index is 11.9. The molecule has 7 nitrogen and oxygen atoms in total. The molecule has 1 aliphatic carbocycles. The number of hydrogen-bond acceptors (Lipinski definition) is 4. The number of piperidine rings is 1. The van der Waals surface area contributed by atoms with Gasteiger partial charge in [-0.25, -0.2) is 0 Å². The average Bonchev–Trinajstić information content (AvgIpc) is 3.30. The number of nitrogens with one attached hydrogen (secondary N) is 2. The van der Waals surface area contributed by atoms with Crippen LogP contribution in [-0.2, 0) is 9.59 Å². The van der Waals surface area contributed by atoms with Gasteiger partial charge in [0.15, 0.2) is 5.96 Å². The number of amides is 2. The summed E-state index contributed by atoms with van der Waals surface area (Å²) in [7, 11) is 0. The predicted octanol–water partition coefficient (Wildman–Crippen LogP) is 1.35. The third-order valence-corrected chi connectivity index (χ3v) is 5.93. The molecule has 0 aromatic carbocycles. The molecule has 27 heavy (non-hydrogen) atoms. The molecule has 1 saturated carbocycles. The van der Waals surface area contributed by atoms with Crippen molar-refractivity contribution in [3.05, 3.63) is 0 Å². The van der Waals surface area contributed by atoms with Gasteiger partial charge in [-0.15, -0.1) is 0 Å². The Hall–Kier alpha value is -1.63. The lowest BCUT2D eigenvalue weighted by Gasteiger charge is -2.24. The molecule has 152 valence electrons. The minimum Gasteiger partial charge on any atom is -0.357 e. The molecule has 3 fully saturated rings. The lowest BCUT2D eigenvalue weighted by molar-refractivity contribution is -0.147. The quantitative estimate of drug-likeness (QED) is 0.398. The number of rotatable bonds is 7. The van der Waals surface area contributed by atoms with Gasteiger partial charge >= 0.3 is 0 Å². The molecular formula is C20H35N5O2. The Bertz CT molecular complexity index is 528. The largest absolute Gasteiger partial charge is 0.357 e. The van der Waals surface area contributed by atoms with Gasteiger partial charge in [0, 0.05) is 51.6 Å². The fourth-order valence-electron chi connectivity index (χ4n) is 4.50. The minimum atomic E-state index is -0.0576. The highest BCUT2D eigenvalue weighted by Gasteiger charge is 2.27. The predicted molar refractivity (Wildman–Crippen MR) is 106 cm³/mol. The Morgan fingerprint density at radius 1 is 1.11 bits per heavy atom. The van der Waals surface area contributed by atoms with Crippen molar-refractivity contribution >= 4 is 17.8 Å². The first kappa shape index (κ1) is 20.1. The van der Waals surface area contributed by atoms with Crippen LogP contribution in [0.1, 0.15) is 58.3 Å². The first-order chi connectivity index (χ1) is 13.2. The normalized spacial score (nSPS) is 25.4. The average molecular weight is 378 g/mol. The van der Waals surface area contributed by atoms with Crippen molar-refractivity contribution in [3.8, 4) is 0 Å². The second-order valence-corrected chi connectivity index (χ2v) is 8.09. The number of carbonyl (C=O) groups is 2. The summed E-state index contributed by atoms with van der Waals surface area (Å²) in [6, 6.07) is 0.419. The molecule has 0 aromatic rings. The van der Waals surface area contributed by atoms with Crippen LogP contribution < -0.4 is 10.6 Å². The fraction of sp³-hybridized carbons (Fsp3) is 0.850. The number of hydrogen-bond donors (Lipinski definition) is 2. The summed E-state index contributed by atoms with van der Waals surface area (Å²) >= 11 is 0. The van der Waals surface area contributed by atoms with Crippen LogP contribution in [0.15, 0.2) is 4.99 Å². The standard InChI is InChI=1S/C20H35N5O2/c1-2-21-20(22-11-13-25-18(26)8-5-9-19(25)27)23-17-10-12-24(15-17)14-16-6-3-4-7-16/h16-17H,2-15H2,1H3,(H2,21,22,23). The highest BCUT2D eigenvalue weighted by atomic mass is 16.2. The van der Waals surface area contributed by atoms with E-state index in [1.807, 2.05) is 0 Å². The molecule has 2 heterocycles. The van der Waals surface area contributed by atoms with Gasteiger partial charge in [-0.3, -0.25) is 19.5 Å². The van der Waals surface area contributed by atoms with E-state index in [1.54, 1.807) is 0 Å². The van der Waals surface area contributed by atoms with E-state index in [2.05, 4.69) is 27.4 Å². The molecule has 1 unspecified atom stereocenters. The molecule has 2 aliphatic heterocycles. The van der Waals surface area contributed by atoms with Gasteiger partial charge in [-0.2, -0.15) is 0 Å². The summed E-state index contributed by atoms with van der Waals surface area (Å²) in [6.45, 7) is 7.15. The van der Waals surface area contributed by atoms with Crippen molar-refractivity contribution in [2.24, 2.45) is 10.9 Å². The number of nitrogens with zero attached hydrogens (tertiary/aromatic N) is 3. The van der Waals surface area contributed by atoms with Gasteiger partial charge in [0.05, 0.1) is 6.54 Å². The third-order valence-electron chi connectivity index (χ3n) is 5.93. The Labute approximate surface area is 162 Å². The number of guanidine groups is 1. The smallest absolute Gasteiger partial charge is 0.229 e. The molecule has 0 bridgehead atoms. The summed E-state index contributed by atoms with van der Waals surface area (Å²) in [5.74, 6) is 1.57. The zero-order chi connectivity index (χ0) is 19.1. The van der Waals surface area contributed by atoms with Crippen LogP contribution in [0.25, 0.3) is 0 Å². The van der Waals surface area contributed by atoms with Gasteiger partial charge in [-0.05, 0) is 38.5 Å². The highest BCUT2D eigenvalue weighted by Crippen LogP contribution is 2.26. The van der Waals surface area contributed by atoms with Crippen LogP contribution in [0.3, 0.4) is 0 Å². The van der Waals surface area contributed by atoms with E-state index in [0.717, 1.165) is 37.9 Å². The lowest BCUT2D eigenvalue weighted by atomic mass is 10.1. The van der Waals surface area contributed by atoms with E-state index >= 15 is 0 Å². The van der Waals surface area contributed by atoms with Crippen molar-refractivity contribution in [1.82, 2.24) is 20.4 Å². The van der Waals surface area contributed by atoms with Crippen LogP contribution in [-0.4, -0.2) is 72.9 Å². The maximum absolute atomic E-state index is 11.9. The Morgan fingerprint density at radius 2 is 1.85 bits per heavy atom. The first-order valence-corrected chi connectivity index (χ1v) is 10.8. The van der Waals surface area contributed by atoms with Crippen LogP contribution >= 0.6 is 0 Å². The Morgan fingerprint density at radius 3 is 2.56 bits per heavy atom. The number of aliphatic imine (C=N–C) groups is 1. The van der Waals surface area contributed by atoms with Gasteiger partial charge in [0.1, 0.15) is 0 Å². The topological polar surface area (TPSA) is 77.0 Å². The molecule has 2 amide bonds. The molecule has 2 N–H and O–H groups in total. The molecular weight excluding hydrogens is 342 g/mol. The molecule has 2 saturated heterocycles. The van der Waals surface area contributed by atoms with Gasteiger partial charge in [0.25, 0.3) is 0 Å². The van der Waals surface area contributed by atoms with E-state index in [4.69, 9.17) is 0 Å². The van der Waals surface area contributed by atoms with Crippen LogP contribution in [0, 0.1) is 5.92 Å². The van der Waals surface area contributed by atoms with Gasteiger partial charge in [0.2, 0.25) is 11.8 Å². The van der Waals surface area contributed by atoms with Crippen LogP contribution in [0.4, 0.5) is 0 Å². The van der Waals surface area contributed by atoms with Crippen LogP contribution in [0.2, 0.25) is 0 Å². The van der Waals surface area contributed by atoms with E-state index in [9.17, 15) is 9.59 Å². The summed E-state index contributed by atoms with van der Waals surface area (Å²) < 4.78 is 0. The molecule has 1 atom stereocenters. The Kier molecular flexibility index (Phi) is 7.50. The molecule has 3 rings (SSSR count). The Balaban J connectivity index is 1.44. The monoisotopic (exact) mass is 377 g/mol. The lowest BCUT2D eigenvalue weighted by Crippen LogP contribution is -2.46. The number of imide groups is 1. The summed E-state index contributed by atoms with van der Waals surface area (Å²) in [5.41, 5.74) is 0. The van der Waals surface area contributed by atoms with E-state index in [1.165, 1.54) is 37.1 Å². The van der Waals surface area contributed by atoms with Crippen molar-refractivity contribution in [1.29, 1.82) is 0 Å². The summed E-state index contributed by atoms with van der Waals surface area (Å²) in [5, 5.41) is 6.83. The highest BCUT2D eigenvalue weighted by molar-refractivity contribution is 5.97. The maximum Gasteiger partial charge on any atom is 0.229 e. The van der Waals surface area contributed by atoms with Crippen molar-refractivity contribution in [2.45, 2.75) is 64.3 Å². The second-order valence-electron chi connectivity index (χ2n) is 8.09. The SMILES string of the molecule is CCNC(=NCCN1C(=O)CCCC1=O)NC1CCN(CC2CCCC2)C1.